The summed E-state index contributed by atoms with van der Waals surface area (Å²) in [5.41, 5.74) is 14.0. The molecule has 0 atom stereocenters. The van der Waals surface area contributed by atoms with E-state index in [1.165, 1.54) is 14.2 Å². The van der Waals surface area contributed by atoms with Crippen molar-refractivity contribution < 1.29 is 19.7 Å². The smallest absolute Gasteiger partial charge is 0.152 e. The van der Waals surface area contributed by atoms with Crippen molar-refractivity contribution in [2.24, 2.45) is 0 Å². The molecule has 0 fully saturated rings. The molecule has 8 heteroatoms. The third kappa shape index (κ3) is 3.81. The Hall–Kier alpha value is -1.90. The predicted octanol–water partition coefficient (Wildman–Crippen LogP) is -0.646. The number of ether oxygens (including phenoxy) is 2. The quantitative estimate of drug-likeness (QED) is 0.262. The lowest BCUT2D eigenvalue weighted by molar-refractivity contribution is 0.291. The Morgan fingerprint density at radius 1 is 0.952 bits per heavy atom. The summed E-state index contributed by atoms with van der Waals surface area (Å²) < 4.78 is 10.7. The highest BCUT2D eigenvalue weighted by atomic mass is 16.5. The van der Waals surface area contributed by atoms with Crippen LogP contribution in [0.4, 0.5) is 17.1 Å². The van der Waals surface area contributed by atoms with Crippen molar-refractivity contribution in [2.45, 2.75) is 6.54 Å². The second kappa shape index (κ2) is 8.40. The lowest BCUT2D eigenvalue weighted by atomic mass is 10.1. The number of hydrogen-bond acceptors (Lipinski definition) is 8. The molecule has 1 rings (SSSR count). The Morgan fingerprint density at radius 2 is 1.48 bits per heavy atom. The third-order valence-corrected chi connectivity index (χ3v) is 2.99. The van der Waals surface area contributed by atoms with Crippen molar-refractivity contribution in [3.05, 3.63) is 5.56 Å². The van der Waals surface area contributed by atoms with Crippen LogP contribution in [0.15, 0.2) is 0 Å². The number of hydrogen-bond donors (Lipinski definition) is 6. The summed E-state index contributed by atoms with van der Waals surface area (Å²) in [6.45, 7) is 1.09. The lowest BCUT2D eigenvalue weighted by Gasteiger charge is -2.22. The van der Waals surface area contributed by atoms with Crippen molar-refractivity contribution in [1.82, 2.24) is 5.32 Å². The van der Waals surface area contributed by atoms with Gasteiger partial charge in [0, 0.05) is 19.6 Å². The number of aliphatic hydroxyl groups excluding tert-OH is 2. The number of anilines is 3. The standard InChI is InChI=1S/C13H24N4O4/c1-20-12-8(7-16-3-5-18)13(21-2)10(15)11(9(12)14)17-4-6-19/h16-19H,3-7,14-15H2,1-2H3. The molecule has 120 valence electrons. The Labute approximate surface area is 124 Å². The van der Waals surface area contributed by atoms with Gasteiger partial charge in [0.15, 0.2) is 11.5 Å². The van der Waals surface area contributed by atoms with Crippen LogP contribution in [0.5, 0.6) is 11.5 Å². The molecule has 0 amide bonds. The molecule has 1 aromatic rings. The van der Waals surface area contributed by atoms with Gasteiger partial charge in [-0.3, -0.25) is 0 Å². The van der Waals surface area contributed by atoms with Gasteiger partial charge >= 0.3 is 0 Å². The number of nitrogens with one attached hydrogen (secondary N) is 2. The largest absolute Gasteiger partial charge is 0.494 e. The van der Waals surface area contributed by atoms with Gasteiger partial charge in [0.2, 0.25) is 0 Å². The highest BCUT2D eigenvalue weighted by molar-refractivity contribution is 5.90. The van der Waals surface area contributed by atoms with E-state index in [0.29, 0.717) is 53.8 Å². The first kappa shape index (κ1) is 17.2. The molecular formula is C13H24N4O4. The molecule has 0 heterocycles. The zero-order valence-corrected chi connectivity index (χ0v) is 12.4. The molecule has 0 spiro atoms. The van der Waals surface area contributed by atoms with E-state index < -0.39 is 0 Å². The normalized spacial score (nSPS) is 10.5. The maximum atomic E-state index is 8.92. The van der Waals surface area contributed by atoms with Gasteiger partial charge in [-0.2, -0.15) is 0 Å². The SMILES string of the molecule is COc1c(N)c(NCCO)c(N)c(OC)c1CNCCO. The van der Waals surface area contributed by atoms with Gasteiger partial charge in [0.25, 0.3) is 0 Å². The van der Waals surface area contributed by atoms with Crippen LogP contribution >= 0.6 is 0 Å². The summed E-state index contributed by atoms with van der Waals surface area (Å²) in [7, 11) is 3.01. The van der Waals surface area contributed by atoms with Gasteiger partial charge < -0.3 is 41.8 Å². The van der Waals surface area contributed by atoms with Gasteiger partial charge in [0.1, 0.15) is 11.4 Å². The Kier molecular flexibility index (Phi) is 6.86. The Balaban J connectivity index is 3.28. The number of nitrogens with two attached hydrogens (primary N) is 2. The van der Waals surface area contributed by atoms with Gasteiger partial charge in [-0.1, -0.05) is 0 Å². The number of aliphatic hydroxyl groups is 2. The molecule has 0 aromatic heterocycles. The molecule has 0 aliphatic rings. The van der Waals surface area contributed by atoms with Crippen molar-refractivity contribution in [3.8, 4) is 11.5 Å². The maximum Gasteiger partial charge on any atom is 0.152 e. The van der Waals surface area contributed by atoms with E-state index in [1.54, 1.807) is 0 Å². The average molecular weight is 300 g/mol. The Morgan fingerprint density at radius 3 is 1.90 bits per heavy atom. The molecule has 21 heavy (non-hydrogen) atoms. The van der Waals surface area contributed by atoms with Crippen LogP contribution in [-0.4, -0.2) is 50.7 Å². The van der Waals surface area contributed by atoms with Crippen LogP contribution in [0.2, 0.25) is 0 Å². The zero-order chi connectivity index (χ0) is 15.8. The number of nitrogen functional groups attached to an aromatic ring is 2. The summed E-state index contributed by atoms with van der Waals surface area (Å²) in [4.78, 5) is 0. The third-order valence-electron chi connectivity index (χ3n) is 2.99. The summed E-state index contributed by atoms with van der Waals surface area (Å²) in [5.74, 6) is 0.902. The van der Waals surface area contributed by atoms with Crippen molar-refractivity contribution >= 4 is 17.1 Å². The Bertz CT molecular complexity index is 437. The number of benzene rings is 1. The first-order valence-corrected chi connectivity index (χ1v) is 6.60. The average Bonchev–Trinajstić information content (AvgIpc) is 2.48. The summed E-state index contributed by atoms with van der Waals surface area (Å²) in [6, 6.07) is 0. The molecule has 0 saturated heterocycles. The van der Waals surface area contributed by atoms with Crippen LogP contribution in [0, 0.1) is 0 Å². The molecule has 0 unspecified atom stereocenters. The zero-order valence-electron chi connectivity index (χ0n) is 12.4. The number of rotatable bonds is 9. The van der Waals surface area contributed by atoms with E-state index in [9.17, 15) is 0 Å². The van der Waals surface area contributed by atoms with Crippen molar-refractivity contribution in [1.29, 1.82) is 0 Å². The molecule has 8 N–H and O–H groups in total. The minimum atomic E-state index is -0.0523. The molecule has 0 radical (unpaired) electrons. The van der Waals surface area contributed by atoms with Crippen LogP contribution in [-0.2, 0) is 6.54 Å². The molecule has 0 aliphatic carbocycles. The number of methoxy groups -OCH3 is 2. The fourth-order valence-corrected chi connectivity index (χ4v) is 2.09. The summed E-state index contributed by atoms with van der Waals surface area (Å²) in [6.07, 6.45) is 0. The van der Waals surface area contributed by atoms with E-state index in [1.807, 2.05) is 0 Å². The lowest BCUT2D eigenvalue weighted by Crippen LogP contribution is -2.20. The van der Waals surface area contributed by atoms with E-state index in [-0.39, 0.29) is 13.2 Å². The highest BCUT2D eigenvalue weighted by Crippen LogP contribution is 2.46. The molecular weight excluding hydrogens is 276 g/mol. The minimum Gasteiger partial charge on any atom is -0.494 e. The molecule has 8 nitrogen and oxygen atoms in total. The molecule has 1 aromatic carbocycles. The molecule has 0 aliphatic heterocycles. The van der Waals surface area contributed by atoms with E-state index in [0.717, 1.165) is 0 Å². The highest BCUT2D eigenvalue weighted by Gasteiger charge is 2.22. The fourth-order valence-electron chi connectivity index (χ4n) is 2.09. The van der Waals surface area contributed by atoms with E-state index >= 15 is 0 Å². The van der Waals surface area contributed by atoms with E-state index in [2.05, 4.69) is 10.6 Å². The van der Waals surface area contributed by atoms with Crippen LogP contribution in [0.25, 0.3) is 0 Å². The first-order chi connectivity index (χ1) is 10.1. The van der Waals surface area contributed by atoms with Gasteiger partial charge in [-0.25, -0.2) is 0 Å². The maximum absolute atomic E-state index is 8.92. The summed E-state index contributed by atoms with van der Waals surface area (Å²) in [5, 5.41) is 23.8. The predicted molar refractivity (Wildman–Crippen MR) is 82.7 cm³/mol. The monoisotopic (exact) mass is 300 g/mol. The van der Waals surface area contributed by atoms with Gasteiger partial charge in [0.05, 0.1) is 38.7 Å². The van der Waals surface area contributed by atoms with E-state index in [4.69, 9.17) is 31.2 Å². The summed E-state index contributed by atoms with van der Waals surface area (Å²) >= 11 is 0. The van der Waals surface area contributed by atoms with Gasteiger partial charge in [-0.15, -0.1) is 0 Å². The van der Waals surface area contributed by atoms with Gasteiger partial charge in [-0.05, 0) is 0 Å². The molecule has 0 bridgehead atoms. The van der Waals surface area contributed by atoms with Crippen LogP contribution in [0.3, 0.4) is 0 Å². The topological polar surface area (TPSA) is 135 Å². The van der Waals surface area contributed by atoms with Crippen LogP contribution in [0.1, 0.15) is 5.56 Å². The van der Waals surface area contributed by atoms with Crippen LogP contribution < -0.4 is 31.6 Å². The molecule has 0 saturated carbocycles. The minimum absolute atomic E-state index is 0.0196. The first-order valence-electron chi connectivity index (χ1n) is 6.60. The fraction of sp³-hybridized carbons (Fsp3) is 0.538. The second-order valence-corrected chi connectivity index (χ2v) is 4.30. The van der Waals surface area contributed by atoms with Crippen molar-refractivity contribution in [2.75, 3.05) is 57.3 Å². The second-order valence-electron chi connectivity index (χ2n) is 4.30. The van der Waals surface area contributed by atoms with Crippen molar-refractivity contribution in [3.63, 3.8) is 0 Å².